The molecule has 0 bridgehead atoms. The molecule has 0 saturated heterocycles. The summed E-state index contributed by atoms with van der Waals surface area (Å²) in [5, 5.41) is 4.85. The summed E-state index contributed by atoms with van der Waals surface area (Å²) in [6.45, 7) is 0. The summed E-state index contributed by atoms with van der Waals surface area (Å²) in [5.41, 5.74) is 3.03. The summed E-state index contributed by atoms with van der Waals surface area (Å²) in [4.78, 5) is 12.8. The van der Waals surface area contributed by atoms with Crippen LogP contribution < -0.4 is 9.88 Å². The molecular formula is C16H12ClN6S+. The van der Waals surface area contributed by atoms with Crippen molar-refractivity contribution in [3.05, 3.63) is 71.8 Å². The highest BCUT2D eigenvalue weighted by atomic mass is 35.5. The van der Waals surface area contributed by atoms with Gasteiger partial charge in [-0.15, -0.1) is 0 Å². The van der Waals surface area contributed by atoms with Gasteiger partial charge in [0, 0.05) is 29.5 Å². The third-order valence-corrected chi connectivity index (χ3v) is 4.35. The smallest absolute Gasteiger partial charge is 0.238 e. The van der Waals surface area contributed by atoms with Crippen molar-refractivity contribution in [2.75, 3.05) is 5.32 Å². The molecule has 0 saturated carbocycles. The minimum Gasteiger partial charge on any atom is -0.310 e. The molecule has 3 aromatic heterocycles. The predicted octanol–water partition coefficient (Wildman–Crippen LogP) is 3.40. The first-order chi connectivity index (χ1) is 11.8. The molecule has 0 aliphatic rings. The fraction of sp³-hybridized carbons (Fsp3) is 0. The van der Waals surface area contributed by atoms with Crippen molar-refractivity contribution < 1.29 is 4.57 Å². The van der Waals surface area contributed by atoms with Crippen LogP contribution in [-0.2, 0) is 0 Å². The van der Waals surface area contributed by atoms with Crippen molar-refractivity contribution in [3.63, 3.8) is 0 Å². The molecule has 118 valence electrons. The Kier molecular flexibility index (Phi) is 3.94. The molecule has 4 rings (SSSR count). The van der Waals surface area contributed by atoms with E-state index in [1.807, 2.05) is 69.6 Å². The molecule has 0 aliphatic carbocycles. The number of nitrogens with zero attached hydrogens (tertiary/aromatic N) is 5. The largest absolute Gasteiger partial charge is 0.310 e. The molecule has 0 atom stereocenters. The second-order valence-corrected chi connectivity index (χ2v) is 6.25. The molecule has 0 radical (unpaired) electrons. The van der Waals surface area contributed by atoms with Crippen LogP contribution in [0.15, 0.2) is 66.8 Å². The normalized spacial score (nSPS) is 10.7. The van der Waals surface area contributed by atoms with Gasteiger partial charge in [-0.25, -0.2) is 9.97 Å². The number of hydrogen-bond donors (Lipinski definition) is 1. The highest BCUT2D eigenvalue weighted by molar-refractivity contribution is 7.13. The van der Waals surface area contributed by atoms with Crippen LogP contribution >= 0.6 is 22.9 Å². The molecule has 0 fully saturated rings. The van der Waals surface area contributed by atoms with Gasteiger partial charge in [-0.2, -0.15) is 9.55 Å². The maximum absolute atomic E-state index is 5.93. The van der Waals surface area contributed by atoms with Crippen LogP contribution in [0.5, 0.6) is 0 Å². The van der Waals surface area contributed by atoms with Crippen LogP contribution in [-0.4, -0.2) is 19.5 Å². The lowest BCUT2D eigenvalue weighted by molar-refractivity contribution is -0.589. The second kappa shape index (κ2) is 6.38. The Hall–Kier alpha value is -2.77. The van der Waals surface area contributed by atoms with Crippen molar-refractivity contribution in [1.82, 2.24) is 19.5 Å². The van der Waals surface area contributed by atoms with Crippen molar-refractivity contribution >= 4 is 33.9 Å². The predicted molar refractivity (Wildman–Crippen MR) is 93.3 cm³/mol. The zero-order chi connectivity index (χ0) is 16.4. The van der Waals surface area contributed by atoms with E-state index in [4.69, 9.17) is 11.6 Å². The van der Waals surface area contributed by atoms with E-state index in [1.54, 1.807) is 11.3 Å². The van der Waals surface area contributed by atoms with Gasteiger partial charge in [0.05, 0.1) is 0 Å². The van der Waals surface area contributed by atoms with E-state index in [-0.39, 0.29) is 0 Å². The minimum atomic E-state index is 0.499. The van der Waals surface area contributed by atoms with Crippen molar-refractivity contribution in [3.8, 4) is 11.6 Å². The molecule has 0 aliphatic heterocycles. The highest BCUT2D eigenvalue weighted by Gasteiger charge is 2.12. The highest BCUT2D eigenvalue weighted by Crippen LogP contribution is 2.18. The van der Waals surface area contributed by atoms with E-state index in [0.717, 1.165) is 15.7 Å². The lowest BCUT2D eigenvalue weighted by Gasteiger charge is -2.03. The van der Waals surface area contributed by atoms with Crippen LogP contribution in [0.25, 0.3) is 11.6 Å². The quantitative estimate of drug-likeness (QED) is 0.570. The molecule has 1 N–H and O–H groups in total. The third kappa shape index (κ3) is 3.12. The fourth-order valence-electron chi connectivity index (χ4n) is 2.16. The zero-order valence-corrected chi connectivity index (χ0v) is 13.9. The molecule has 24 heavy (non-hydrogen) atoms. The Balaban J connectivity index is 1.56. The standard InChI is InChI=1S/C16H12ClN6S/c17-12-3-5-13(6-4-12)23-9-14(24-11-23)20-15-18-10-19-16(21-15)22-7-1-2-8-22/h1-11H,(H,18,19,20,21)/q+1. The van der Waals surface area contributed by atoms with Gasteiger partial charge >= 0.3 is 0 Å². The van der Waals surface area contributed by atoms with Crippen LogP contribution in [0.4, 0.5) is 10.9 Å². The number of anilines is 2. The maximum atomic E-state index is 5.93. The molecule has 0 unspecified atom stereocenters. The molecule has 3 heterocycles. The van der Waals surface area contributed by atoms with E-state index in [2.05, 4.69) is 20.3 Å². The average Bonchev–Trinajstić information content (AvgIpc) is 3.28. The molecule has 1 aromatic carbocycles. The second-order valence-electron chi connectivity index (χ2n) is 4.92. The number of nitrogens with one attached hydrogen (secondary N) is 1. The van der Waals surface area contributed by atoms with E-state index in [1.165, 1.54) is 6.33 Å². The fourth-order valence-corrected chi connectivity index (χ4v) is 3.02. The van der Waals surface area contributed by atoms with E-state index >= 15 is 0 Å². The molecule has 0 amide bonds. The number of rotatable bonds is 4. The summed E-state index contributed by atoms with van der Waals surface area (Å²) < 4.78 is 3.84. The van der Waals surface area contributed by atoms with Crippen LogP contribution in [0, 0.1) is 0 Å². The van der Waals surface area contributed by atoms with Gasteiger partial charge < -0.3 is 5.32 Å². The first-order valence-corrected chi connectivity index (χ1v) is 8.39. The monoisotopic (exact) mass is 355 g/mol. The number of halogens is 1. The Labute approximate surface area is 147 Å². The maximum Gasteiger partial charge on any atom is 0.238 e. The van der Waals surface area contributed by atoms with E-state index in [9.17, 15) is 0 Å². The van der Waals surface area contributed by atoms with Crippen LogP contribution in [0.1, 0.15) is 0 Å². The number of aromatic nitrogens is 5. The number of hydrogen-bond acceptors (Lipinski definition) is 5. The lowest BCUT2D eigenvalue weighted by Crippen LogP contribution is -2.26. The Bertz CT molecular complexity index is 949. The van der Waals surface area contributed by atoms with Gasteiger partial charge in [0.25, 0.3) is 0 Å². The van der Waals surface area contributed by atoms with Gasteiger partial charge in [-0.1, -0.05) is 22.9 Å². The topological polar surface area (TPSA) is 59.5 Å². The van der Waals surface area contributed by atoms with E-state index in [0.29, 0.717) is 11.9 Å². The summed E-state index contributed by atoms with van der Waals surface area (Å²) in [5.74, 6) is 1.07. The van der Waals surface area contributed by atoms with Crippen LogP contribution in [0.2, 0.25) is 5.02 Å². The number of thiazole rings is 1. The summed E-state index contributed by atoms with van der Waals surface area (Å²) in [7, 11) is 0. The molecule has 0 spiro atoms. The lowest BCUT2D eigenvalue weighted by atomic mass is 10.3. The van der Waals surface area contributed by atoms with Gasteiger partial charge in [0.1, 0.15) is 6.33 Å². The van der Waals surface area contributed by atoms with Gasteiger partial charge in [-0.3, -0.25) is 4.57 Å². The van der Waals surface area contributed by atoms with Gasteiger partial charge in [0.2, 0.25) is 29.3 Å². The first kappa shape index (κ1) is 14.8. The average molecular weight is 356 g/mol. The SMILES string of the molecule is Clc1ccc(-[n+]2csc(Nc3ncnc(-n4cccc4)n3)c2)cc1. The minimum absolute atomic E-state index is 0.499. The number of benzene rings is 1. The molecular weight excluding hydrogens is 344 g/mol. The zero-order valence-electron chi connectivity index (χ0n) is 12.4. The Morgan fingerprint density at radius 1 is 1.08 bits per heavy atom. The van der Waals surface area contributed by atoms with Gasteiger partial charge in [-0.05, 0) is 24.3 Å². The Morgan fingerprint density at radius 3 is 2.67 bits per heavy atom. The van der Waals surface area contributed by atoms with Crippen LogP contribution in [0.3, 0.4) is 0 Å². The molecule has 8 heteroatoms. The first-order valence-electron chi connectivity index (χ1n) is 7.13. The summed E-state index contributed by atoms with van der Waals surface area (Å²) in [6, 6.07) is 11.5. The summed E-state index contributed by atoms with van der Waals surface area (Å²) >= 11 is 7.48. The van der Waals surface area contributed by atoms with Crippen molar-refractivity contribution in [2.24, 2.45) is 0 Å². The van der Waals surface area contributed by atoms with Gasteiger partial charge in [0.15, 0.2) is 5.00 Å². The Morgan fingerprint density at radius 2 is 1.88 bits per heavy atom. The molecule has 4 aromatic rings. The van der Waals surface area contributed by atoms with Crippen molar-refractivity contribution in [2.45, 2.75) is 0 Å². The third-order valence-electron chi connectivity index (χ3n) is 3.30. The summed E-state index contributed by atoms with van der Waals surface area (Å²) in [6.07, 6.45) is 7.25. The van der Waals surface area contributed by atoms with E-state index < -0.39 is 0 Å². The molecule has 6 nitrogen and oxygen atoms in total. The van der Waals surface area contributed by atoms with Crippen molar-refractivity contribution in [1.29, 1.82) is 0 Å².